The van der Waals surface area contributed by atoms with E-state index in [0.717, 1.165) is 11.1 Å². The van der Waals surface area contributed by atoms with Crippen LogP contribution in [0.5, 0.6) is 5.75 Å². The molecule has 1 amide bonds. The summed E-state index contributed by atoms with van der Waals surface area (Å²) in [5, 5.41) is 18.3. The third-order valence-electron chi connectivity index (χ3n) is 6.67. The third-order valence-corrected chi connectivity index (χ3v) is 6.99. The van der Waals surface area contributed by atoms with Crippen LogP contribution in [-0.4, -0.2) is 39.4 Å². The molecule has 6 nitrogen and oxygen atoms in total. The Morgan fingerprint density at radius 1 is 1.22 bits per heavy atom. The lowest BCUT2D eigenvalue weighted by Gasteiger charge is -2.42. The largest absolute Gasteiger partial charge is 0.494 e. The number of alkyl halides is 2. The Hall–Kier alpha value is -3.04. The number of halogens is 4. The van der Waals surface area contributed by atoms with E-state index in [-0.39, 0.29) is 23.6 Å². The van der Waals surface area contributed by atoms with Crippen molar-refractivity contribution in [3.8, 4) is 16.9 Å². The number of benzene rings is 2. The molecule has 1 saturated carbocycles. The number of hydrogen-bond acceptors (Lipinski definition) is 4. The van der Waals surface area contributed by atoms with E-state index in [0.29, 0.717) is 12.1 Å². The van der Waals surface area contributed by atoms with Gasteiger partial charge in [-0.1, -0.05) is 29.8 Å². The molecule has 0 radical (unpaired) electrons. The van der Waals surface area contributed by atoms with Gasteiger partial charge in [0.2, 0.25) is 5.92 Å². The van der Waals surface area contributed by atoms with E-state index in [4.69, 9.17) is 16.3 Å². The first-order valence-electron chi connectivity index (χ1n) is 11.6. The molecule has 0 aliphatic heterocycles. The molecule has 1 unspecified atom stereocenters. The van der Waals surface area contributed by atoms with Crippen molar-refractivity contribution in [2.75, 3.05) is 7.11 Å². The summed E-state index contributed by atoms with van der Waals surface area (Å²) in [5.41, 5.74) is -0.0799. The highest BCUT2D eigenvalue weighted by molar-refractivity contribution is 6.34. The minimum atomic E-state index is -2.90. The lowest BCUT2D eigenvalue weighted by molar-refractivity contribution is -0.116. The molecule has 1 aliphatic carbocycles. The van der Waals surface area contributed by atoms with Gasteiger partial charge in [0.15, 0.2) is 11.6 Å². The number of carbonyl (C=O) groups excluding carboxylic acids is 1. The van der Waals surface area contributed by atoms with Gasteiger partial charge >= 0.3 is 0 Å². The fourth-order valence-electron chi connectivity index (χ4n) is 4.55. The molecule has 0 saturated heterocycles. The fraction of sp³-hybridized carbons (Fsp3) is 0.385. The smallest absolute Gasteiger partial charge is 0.256 e. The topological polar surface area (TPSA) is 76.4 Å². The maximum Gasteiger partial charge on any atom is 0.256 e. The van der Waals surface area contributed by atoms with Crippen molar-refractivity contribution < 1.29 is 27.8 Å². The Kier molecular flexibility index (Phi) is 7.33. The van der Waals surface area contributed by atoms with Crippen LogP contribution < -0.4 is 10.1 Å². The molecular formula is C26H27ClF3N3O3. The summed E-state index contributed by atoms with van der Waals surface area (Å²) in [4.78, 5) is 13.3. The van der Waals surface area contributed by atoms with Crippen molar-refractivity contribution in [3.05, 3.63) is 70.8 Å². The third kappa shape index (κ3) is 5.22. The quantitative estimate of drug-likeness (QED) is 0.413. The zero-order valence-corrected chi connectivity index (χ0v) is 20.7. The summed E-state index contributed by atoms with van der Waals surface area (Å²) in [6, 6.07) is 8.55. The minimum Gasteiger partial charge on any atom is -0.494 e. The first kappa shape index (κ1) is 26.0. The monoisotopic (exact) mass is 521 g/mol. The lowest BCUT2D eigenvalue weighted by atomic mass is 9.75. The highest BCUT2D eigenvalue weighted by atomic mass is 35.5. The Morgan fingerprint density at radius 2 is 1.94 bits per heavy atom. The molecule has 1 heterocycles. The molecule has 2 N–H and O–H groups in total. The second-order valence-corrected chi connectivity index (χ2v) is 9.42. The van der Waals surface area contributed by atoms with Crippen LogP contribution in [0.25, 0.3) is 11.1 Å². The van der Waals surface area contributed by atoms with Crippen molar-refractivity contribution >= 4 is 17.5 Å². The van der Waals surface area contributed by atoms with Gasteiger partial charge in [0.25, 0.3) is 5.91 Å². The molecule has 10 heteroatoms. The predicted molar refractivity (Wildman–Crippen MR) is 130 cm³/mol. The average Bonchev–Trinajstić information content (AvgIpc) is 3.34. The van der Waals surface area contributed by atoms with Gasteiger partial charge in [0.1, 0.15) is 0 Å². The standard InChI is InChI=1S/C26H27ClF3N3O3/c1-3-33-15-18(14-31-33)16-5-4-6-17(13-16)23(25(35)9-11-26(29,30)12-10-25)32-24(34)21-19(27)7-8-20(36-2)22(21)28/h4-8,13-15,23,35H,3,9-12H2,1-2H3,(H,32,34). The van der Waals surface area contributed by atoms with Gasteiger partial charge in [0, 0.05) is 31.1 Å². The van der Waals surface area contributed by atoms with Crippen LogP contribution in [0, 0.1) is 5.82 Å². The van der Waals surface area contributed by atoms with Crippen LogP contribution in [-0.2, 0) is 6.54 Å². The van der Waals surface area contributed by atoms with Gasteiger partial charge in [0.05, 0.1) is 35.5 Å². The van der Waals surface area contributed by atoms with Crippen molar-refractivity contribution in [2.24, 2.45) is 0 Å². The molecule has 1 fully saturated rings. The summed E-state index contributed by atoms with van der Waals surface area (Å²) in [6.45, 7) is 2.63. The van der Waals surface area contributed by atoms with Crippen molar-refractivity contribution in [1.29, 1.82) is 0 Å². The van der Waals surface area contributed by atoms with E-state index in [1.165, 1.54) is 19.2 Å². The number of hydrogen-bond donors (Lipinski definition) is 2. The normalized spacial score (nSPS) is 17.4. The van der Waals surface area contributed by atoms with Crippen LogP contribution in [0.1, 0.15) is 54.6 Å². The Bertz CT molecular complexity index is 1250. The number of rotatable bonds is 7. The molecule has 0 bridgehead atoms. The maximum atomic E-state index is 15.0. The van der Waals surface area contributed by atoms with Crippen molar-refractivity contribution in [2.45, 2.75) is 56.7 Å². The fourth-order valence-corrected chi connectivity index (χ4v) is 4.78. The van der Waals surface area contributed by atoms with Gasteiger partial charge in [-0.05, 0) is 49.1 Å². The molecule has 1 aliphatic rings. The number of ether oxygens (including phenoxy) is 1. The van der Waals surface area contributed by atoms with E-state index in [1.807, 2.05) is 19.2 Å². The van der Waals surface area contributed by atoms with Crippen LogP contribution in [0.3, 0.4) is 0 Å². The van der Waals surface area contributed by atoms with Crippen LogP contribution in [0.4, 0.5) is 13.2 Å². The maximum absolute atomic E-state index is 15.0. The summed E-state index contributed by atoms with van der Waals surface area (Å²) in [6.07, 6.45) is 1.97. The van der Waals surface area contributed by atoms with E-state index < -0.39 is 47.7 Å². The van der Waals surface area contributed by atoms with Crippen LogP contribution in [0.2, 0.25) is 5.02 Å². The molecule has 1 aromatic heterocycles. The van der Waals surface area contributed by atoms with E-state index >= 15 is 0 Å². The number of aliphatic hydroxyl groups is 1. The SMILES string of the molecule is CCn1cc(-c2cccc(C(NC(=O)c3c(Cl)ccc(OC)c3F)C3(O)CCC(F)(F)CC3)c2)cn1. The highest BCUT2D eigenvalue weighted by Crippen LogP contribution is 2.45. The number of aromatic nitrogens is 2. The van der Waals surface area contributed by atoms with Crippen molar-refractivity contribution in [1.82, 2.24) is 15.1 Å². The summed E-state index contributed by atoms with van der Waals surface area (Å²) >= 11 is 6.13. The molecule has 3 aromatic rings. The molecule has 2 aromatic carbocycles. The second kappa shape index (κ2) is 10.1. The Morgan fingerprint density at radius 3 is 2.58 bits per heavy atom. The van der Waals surface area contributed by atoms with Crippen LogP contribution >= 0.6 is 11.6 Å². The first-order valence-corrected chi connectivity index (χ1v) is 12.0. The number of aryl methyl sites for hydroxylation is 1. The predicted octanol–water partition coefficient (Wildman–Crippen LogP) is 5.78. The first-order chi connectivity index (χ1) is 17.1. The van der Waals surface area contributed by atoms with Gasteiger partial charge in [-0.15, -0.1) is 0 Å². The van der Waals surface area contributed by atoms with E-state index in [9.17, 15) is 23.1 Å². The summed E-state index contributed by atoms with van der Waals surface area (Å²) in [5.74, 6) is -4.92. The average molecular weight is 522 g/mol. The summed E-state index contributed by atoms with van der Waals surface area (Å²) < 4.78 is 49.6. The number of amides is 1. The Balaban J connectivity index is 1.74. The van der Waals surface area contributed by atoms with Gasteiger partial charge < -0.3 is 15.2 Å². The lowest BCUT2D eigenvalue weighted by Crippen LogP contribution is -2.50. The zero-order chi connectivity index (χ0) is 26.1. The van der Waals surface area contributed by atoms with Gasteiger partial charge in [-0.3, -0.25) is 9.48 Å². The second-order valence-electron chi connectivity index (χ2n) is 9.01. The van der Waals surface area contributed by atoms with Crippen molar-refractivity contribution in [3.63, 3.8) is 0 Å². The number of carbonyl (C=O) groups is 1. The molecule has 0 spiro atoms. The Labute approximate surface area is 212 Å². The van der Waals surface area contributed by atoms with E-state index in [1.54, 1.807) is 29.1 Å². The van der Waals surface area contributed by atoms with E-state index in [2.05, 4.69) is 10.4 Å². The number of nitrogens with one attached hydrogen (secondary N) is 1. The van der Waals surface area contributed by atoms with Crippen LogP contribution in [0.15, 0.2) is 48.8 Å². The number of methoxy groups -OCH3 is 1. The summed E-state index contributed by atoms with van der Waals surface area (Å²) in [7, 11) is 1.26. The molecule has 36 heavy (non-hydrogen) atoms. The molecule has 192 valence electrons. The minimum absolute atomic E-state index is 0.146. The zero-order valence-electron chi connectivity index (χ0n) is 19.9. The number of nitrogens with zero attached hydrogens (tertiary/aromatic N) is 2. The molecule has 4 rings (SSSR count). The molecule has 1 atom stereocenters. The molecular weight excluding hydrogens is 495 g/mol. The van der Waals surface area contributed by atoms with Gasteiger partial charge in [-0.25, -0.2) is 13.2 Å². The highest BCUT2D eigenvalue weighted by Gasteiger charge is 2.48. The van der Waals surface area contributed by atoms with Gasteiger partial charge in [-0.2, -0.15) is 5.10 Å².